The first-order valence-electron chi connectivity index (χ1n) is 6.79. The monoisotopic (exact) mass is 272 g/mol. The van der Waals surface area contributed by atoms with Crippen LogP contribution in [0.3, 0.4) is 0 Å². The number of rotatable bonds is 7. The van der Waals surface area contributed by atoms with Gasteiger partial charge in [-0.15, -0.1) is 0 Å². The molecule has 0 radical (unpaired) electrons. The second kappa shape index (κ2) is 7.45. The lowest BCUT2D eigenvalue weighted by molar-refractivity contribution is 0.304. The maximum Gasteiger partial charge on any atom is 0.234 e. The summed E-state index contributed by atoms with van der Waals surface area (Å²) in [6, 6.07) is 8.08. The Kier molecular flexibility index (Phi) is 5.32. The zero-order valence-electron chi connectivity index (χ0n) is 11.7. The Labute approximate surface area is 119 Å². The molecule has 20 heavy (non-hydrogen) atoms. The molecule has 0 atom stereocenters. The lowest BCUT2D eigenvalue weighted by Gasteiger charge is -2.10. The van der Waals surface area contributed by atoms with Crippen molar-refractivity contribution in [3.05, 3.63) is 47.8 Å². The highest BCUT2D eigenvalue weighted by Gasteiger charge is 2.02. The molecule has 1 aromatic carbocycles. The van der Waals surface area contributed by atoms with Crippen LogP contribution >= 0.6 is 0 Å². The lowest BCUT2D eigenvalue weighted by atomic mass is 10.1. The summed E-state index contributed by atoms with van der Waals surface area (Å²) in [6.07, 6.45) is 4.25. The van der Waals surface area contributed by atoms with Crippen molar-refractivity contribution in [2.45, 2.75) is 26.4 Å². The first-order chi connectivity index (χ1) is 9.83. The first kappa shape index (κ1) is 14.3. The Bertz CT molecular complexity index is 545. The van der Waals surface area contributed by atoms with Crippen molar-refractivity contribution >= 4 is 5.82 Å². The Morgan fingerprint density at radius 1 is 1.20 bits per heavy atom. The molecule has 3 N–H and O–H groups in total. The molecule has 0 aliphatic rings. The fourth-order valence-corrected chi connectivity index (χ4v) is 1.82. The van der Waals surface area contributed by atoms with Crippen molar-refractivity contribution in [1.29, 1.82) is 0 Å². The van der Waals surface area contributed by atoms with Crippen molar-refractivity contribution < 1.29 is 4.74 Å². The zero-order valence-corrected chi connectivity index (χ0v) is 11.7. The quantitative estimate of drug-likeness (QED) is 0.809. The summed E-state index contributed by atoms with van der Waals surface area (Å²) in [5.41, 5.74) is 8.02. The van der Waals surface area contributed by atoms with Gasteiger partial charge in [-0.3, -0.25) is 4.98 Å². The number of aromatic nitrogens is 2. The van der Waals surface area contributed by atoms with Gasteiger partial charge in [0, 0.05) is 13.1 Å². The molecule has 106 valence electrons. The van der Waals surface area contributed by atoms with Gasteiger partial charge in [-0.05, 0) is 17.5 Å². The number of benzene rings is 1. The van der Waals surface area contributed by atoms with Crippen molar-refractivity contribution in [2.75, 3.05) is 11.9 Å². The van der Waals surface area contributed by atoms with E-state index in [2.05, 4.69) is 28.3 Å². The predicted octanol–water partition coefficient (Wildman–Crippen LogP) is 2.34. The van der Waals surface area contributed by atoms with Crippen LogP contribution in [0.15, 0.2) is 36.7 Å². The number of nitrogens with one attached hydrogen (secondary N) is 1. The van der Waals surface area contributed by atoms with E-state index >= 15 is 0 Å². The van der Waals surface area contributed by atoms with Crippen molar-refractivity contribution in [1.82, 2.24) is 9.97 Å². The molecule has 0 fully saturated rings. The minimum atomic E-state index is 0.531. The molecular weight excluding hydrogens is 252 g/mol. The van der Waals surface area contributed by atoms with Crippen LogP contribution in [0.25, 0.3) is 0 Å². The maximum absolute atomic E-state index is 5.72. The minimum absolute atomic E-state index is 0.531. The van der Waals surface area contributed by atoms with E-state index < -0.39 is 0 Å². The SMILES string of the molecule is CCCOc1cncc(NCc2ccccc2CN)n1. The van der Waals surface area contributed by atoms with E-state index in [0.29, 0.717) is 31.4 Å². The van der Waals surface area contributed by atoms with Crippen molar-refractivity contribution in [3.8, 4) is 5.88 Å². The Morgan fingerprint density at radius 2 is 2.00 bits per heavy atom. The van der Waals surface area contributed by atoms with Gasteiger partial charge in [0.05, 0.1) is 19.0 Å². The molecule has 1 aromatic heterocycles. The van der Waals surface area contributed by atoms with Crippen LogP contribution in [-0.4, -0.2) is 16.6 Å². The van der Waals surface area contributed by atoms with Gasteiger partial charge in [-0.25, -0.2) is 0 Å². The largest absolute Gasteiger partial charge is 0.477 e. The normalized spacial score (nSPS) is 10.3. The van der Waals surface area contributed by atoms with Gasteiger partial charge in [0.25, 0.3) is 0 Å². The molecule has 0 saturated carbocycles. The third kappa shape index (κ3) is 3.93. The minimum Gasteiger partial charge on any atom is -0.477 e. The van der Waals surface area contributed by atoms with Gasteiger partial charge in [0.1, 0.15) is 5.82 Å². The lowest BCUT2D eigenvalue weighted by Crippen LogP contribution is -2.08. The smallest absolute Gasteiger partial charge is 0.234 e. The van der Waals surface area contributed by atoms with Gasteiger partial charge >= 0.3 is 0 Å². The topological polar surface area (TPSA) is 73.1 Å². The van der Waals surface area contributed by atoms with Gasteiger partial charge in [-0.1, -0.05) is 31.2 Å². The summed E-state index contributed by atoms with van der Waals surface area (Å²) < 4.78 is 5.46. The van der Waals surface area contributed by atoms with Crippen LogP contribution in [0, 0.1) is 0 Å². The number of hydrogen-bond donors (Lipinski definition) is 2. The molecule has 1 heterocycles. The molecule has 0 saturated heterocycles. The average Bonchev–Trinajstić information content (AvgIpc) is 2.51. The summed E-state index contributed by atoms with van der Waals surface area (Å²) in [7, 11) is 0. The maximum atomic E-state index is 5.72. The first-order valence-corrected chi connectivity index (χ1v) is 6.79. The van der Waals surface area contributed by atoms with E-state index in [1.807, 2.05) is 18.2 Å². The van der Waals surface area contributed by atoms with Crippen molar-refractivity contribution in [3.63, 3.8) is 0 Å². The number of nitrogens with zero attached hydrogens (tertiary/aromatic N) is 2. The molecule has 5 nitrogen and oxygen atoms in total. The van der Waals surface area contributed by atoms with E-state index in [1.165, 1.54) is 0 Å². The van der Waals surface area contributed by atoms with E-state index in [4.69, 9.17) is 10.5 Å². The predicted molar refractivity (Wildman–Crippen MR) is 79.5 cm³/mol. The van der Waals surface area contributed by atoms with E-state index in [0.717, 1.165) is 17.5 Å². The van der Waals surface area contributed by atoms with Crippen LogP contribution in [0.5, 0.6) is 5.88 Å². The molecule has 0 amide bonds. The number of ether oxygens (including phenoxy) is 1. The summed E-state index contributed by atoms with van der Waals surface area (Å²) in [6.45, 7) is 3.90. The highest BCUT2D eigenvalue weighted by atomic mass is 16.5. The molecule has 0 spiro atoms. The van der Waals surface area contributed by atoms with E-state index in [1.54, 1.807) is 12.4 Å². The van der Waals surface area contributed by atoms with Crippen LogP contribution in [-0.2, 0) is 13.1 Å². The Morgan fingerprint density at radius 3 is 2.75 bits per heavy atom. The number of hydrogen-bond acceptors (Lipinski definition) is 5. The Hall–Kier alpha value is -2.14. The number of anilines is 1. The molecule has 0 aliphatic heterocycles. The molecule has 2 aromatic rings. The highest BCUT2D eigenvalue weighted by molar-refractivity contribution is 5.36. The molecule has 0 unspecified atom stereocenters. The van der Waals surface area contributed by atoms with Crippen molar-refractivity contribution in [2.24, 2.45) is 5.73 Å². The van der Waals surface area contributed by atoms with Gasteiger partial charge < -0.3 is 15.8 Å². The van der Waals surface area contributed by atoms with Crippen LogP contribution in [0.1, 0.15) is 24.5 Å². The van der Waals surface area contributed by atoms with E-state index in [9.17, 15) is 0 Å². The van der Waals surface area contributed by atoms with E-state index in [-0.39, 0.29) is 0 Å². The Balaban J connectivity index is 1.99. The van der Waals surface area contributed by atoms with Crippen LogP contribution in [0.2, 0.25) is 0 Å². The molecular formula is C15H20N4O. The summed E-state index contributed by atoms with van der Waals surface area (Å²) in [4.78, 5) is 8.47. The number of nitrogens with two attached hydrogens (primary N) is 1. The standard InChI is InChI=1S/C15H20N4O/c1-2-7-20-15-11-17-10-14(19-15)18-9-13-6-4-3-5-12(13)8-16/h3-6,10-11H,2,7-9,16H2,1H3,(H,18,19). The summed E-state index contributed by atoms with van der Waals surface area (Å²) in [5, 5.41) is 3.24. The second-order valence-electron chi connectivity index (χ2n) is 4.42. The van der Waals surface area contributed by atoms with Crippen LogP contribution < -0.4 is 15.8 Å². The molecule has 2 rings (SSSR count). The van der Waals surface area contributed by atoms with Gasteiger partial charge in [0.2, 0.25) is 5.88 Å². The second-order valence-corrected chi connectivity index (χ2v) is 4.42. The highest BCUT2D eigenvalue weighted by Crippen LogP contribution is 2.13. The third-order valence-corrected chi connectivity index (χ3v) is 2.86. The van der Waals surface area contributed by atoms with Gasteiger partial charge in [-0.2, -0.15) is 4.98 Å². The fraction of sp³-hybridized carbons (Fsp3) is 0.333. The molecule has 5 heteroatoms. The zero-order chi connectivity index (χ0) is 14.2. The fourth-order valence-electron chi connectivity index (χ4n) is 1.82. The summed E-state index contributed by atoms with van der Waals surface area (Å²) >= 11 is 0. The van der Waals surface area contributed by atoms with Crippen LogP contribution in [0.4, 0.5) is 5.82 Å². The van der Waals surface area contributed by atoms with Gasteiger partial charge in [0.15, 0.2) is 0 Å². The average molecular weight is 272 g/mol. The summed E-state index contributed by atoms with van der Waals surface area (Å²) in [5.74, 6) is 1.24. The molecule has 0 aliphatic carbocycles. The third-order valence-electron chi connectivity index (χ3n) is 2.86. The molecule has 0 bridgehead atoms.